The Labute approximate surface area is 243 Å². The number of aryl methyl sites for hydroxylation is 1. The van der Waals surface area contributed by atoms with Gasteiger partial charge in [-0.15, -0.1) is 11.8 Å². The van der Waals surface area contributed by atoms with Gasteiger partial charge < -0.3 is 14.1 Å². The zero-order chi connectivity index (χ0) is 27.9. The van der Waals surface area contributed by atoms with E-state index in [-0.39, 0.29) is 5.78 Å². The number of anilines is 1. The van der Waals surface area contributed by atoms with Crippen LogP contribution in [0.2, 0.25) is 0 Å². The Hall–Kier alpha value is -4.55. The summed E-state index contributed by atoms with van der Waals surface area (Å²) in [7, 11) is 0. The minimum atomic E-state index is -0.00256. The maximum absolute atomic E-state index is 13.7. The standard InChI is InChI=1S/C35H29N2O3S/c1-3-36-28-13-7-9-15-30(28)39-32(36)20-26-34(38)27(21-33-37(4-2)29-14-8-10-16-31(29)40-33)35(26)41-22-23-17-18-24-11-5-6-12-25(24)19-23/h5-21H,3-4,22H2,1-2H3/q+1. The quantitative estimate of drug-likeness (QED) is 0.151. The number of allylic oxidation sites excluding steroid dienone is 3. The van der Waals surface area contributed by atoms with Gasteiger partial charge >= 0.3 is 5.89 Å². The van der Waals surface area contributed by atoms with Crippen molar-refractivity contribution in [2.45, 2.75) is 26.1 Å². The number of thioether (sulfide) groups is 1. The fourth-order valence-electron chi connectivity index (χ4n) is 5.56. The average molecular weight is 558 g/mol. The first-order valence-corrected chi connectivity index (χ1v) is 14.9. The minimum Gasteiger partial charge on any atom is -0.439 e. The van der Waals surface area contributed by atoms with Crippen molar-refractivity contribution < 1.29 is 18.5 Å². The normalized spacial score (nSPS) is 16.6. The molecule has 1 aromatic heterocycles. The summed E-state index contributed by atoms with van der Waals surface area (Å²) in [6.45, 7) is 5.65. The Kier molecular flexibility index (Phi) is 6.48. The van der Waals surface area contributed by atoms with E-state index in [1.165, 1.54) is 16.3 Å². The van der Waals surface area contributed by atoms with Gasteiger partial charge in [-0.3, -0.25) is 4.79 Å². The molecule has 202 valence electrons. The van der Waals surface area contributed by atoms with Crippen LogP contribution in [0.1, 0.15) is 25.3 Å². The third kappa shape index (κ3) is 4.45. The molecule has 0 radical (unpaired) electrons. The first-order chi connectivity index (χ1) is 20.1. The summed E-state index contributed by atoms with van der Waals surface area (Å²) in [5.41, 5.74) is 5.38. The number of Topliss-reactive ketones (excluding diaryl/α,β-unsaturated/α-hetero) is 1. The highest BCUT2D eigenvalue weighted by atomic mass is 32.2. The van der Waals surface area contributed by atoms with E-state index in [0.717, 1.165) is 46.3 Å². The smallest absolute Gasteiger partial charge is 0.374 e. The summed E-state index contributed by atoms with van der Waals surface area (Å²) in [5.74, 6) is 2.89. The van der Waals surface area contributed by atoms with Gasteiger partial charge in [0.25, 0.3) is 5.52 Å². The second-order valence-electron chi connectivity index (χ2n) is 10.0. The number of aromatic nitrogens is 1. The molecule has 1 aliphatic heterocycles. The lowest BCUT2D eigenvalue weighted by molar-refractivity contribution is -0.674. The molecule has 5 aromatic rings. The second kappa shape index (κ2) is 10.5. The van der Waals surface area contributed by atoms with Crippen molar-refractivity contribution in [1.82, 2.24) is 0 Å². The van der Waals surface area contributed by atoms with Crippen LogP contribution in [-0.4, -0.2) is 12.3 Å². The lowest BCUT2D eigenvalue weighted by Crippen LogP contribution is -2.34. The lowest BCUT2D eigenvalue weighted by atomic mass is 9.89. The molecule has 7 rings (SSSR count). The molecule has 4 aromatic carbocycles. The van der Waals surface area contributed by atoms with E-state index in [1.807, 2.05) is 60.7 Å². The van der Waals surface area contributed by atoms with Crippen molar-refractivity contribution in [2.75, 3.05) is 11.4 Å². The zero-order valence-corrected chi connectivity index (χ0v) is 23.8. The third-order valence-electron chi connectivity index (χ3n) is 7.62. The van der Waals surface area contributed by atoms with Gasteiger partial charge in [-0.05, 0) is 48.4 Å². The molecule has 0 unspecified atom stereocenters. The van der Waals surface area contributed by atoms with Crippen LogP contribution in [-0.2, 0) is 17.1 Å². The zero-order valence-electron chi connectivity index (χ0n) is 23.0. The molecule has 2 aliphatic rings. The van der Waals surface area contributed by atoms with Crippen molar-refractivity contribution in [2.24, 2.45) is 0 Å². The number of fused-ring (bicyclic) bond motifs is 3. The molecule has 0 N–H and O–H groups in total. The van der Waals surface area contributed by atoms with Crippen LogP contribution >= 0.6 is 11.8 Å². The number of ether oxygens (including phenoxy) is 1. The predicted octanol–water partition coefficient (Wildman–Crippen LogP) is 7.81. The van der Waals surface area contributed by atoms with Gasteiger partial charge in [0.2, 0.25) is 11.5 Å². The molecule has 0 atom stereocenters. The summed E-state index contributed by atoms with van der Waals surface area (Å²) < 4.78 is 14.5. The first-order valence-electron chi connectivity index (χ1n) is 13.9. The molecule has 0 saturated carbocycles. The molecule has 0 bridgehead atoms. The number of rotatable bonds is 7. The van der Waals surface area contributed by atoms with Crippen LogP contribution in [0.15, 0.2) is 123 Å². The van der Waals surface area contributed by atoms with E-state index in [2.05, 4.69) is 65.8 Å². The number of carbonyl (C=O) groups excluding carboxylic acids is 1. The number of ketones is 1. The van der Waals surface area contributed by atoms with Crippen LogP contribution in [0, 0.1) is 0 Å². The van der Waals surface area contributed by atoms with Crippen molar-refractivity contribution in [3.05, 3.63) is 130 Å². The molecule has 0 saturated heterocycles. The average Bonchev–Trinajstić information content (AvgIpc) is 3.56. The molecule has 0 fully saturated rings. The van der Waals surface area contributed by atoms with Crippen molar-refractivity contribution >= 4 is 51.2 Å². The highest BCUT2D eigenvalue weighted by Crippen LogP contribution is 2.45. The molecule has 0 amide bonds. The third-order valence-corrected chi connectivity index (χ3v) is 8.82. The van der Waals surface area contributed by atoms with Gasteiger partial charge in [-0.1, -0.05) is 66.7 Å². The summed E-state index contributed by atoms with van der Waals surface area (Å²) in [6.07, 6.45) is 3.80. The first kappa shape index (κ1) is 25.4. The van der Waals surface area contributed by atoms with E-state index in [0.29, 0.717) is 22.9 Å². The fourth-order valence-corrected chi connectivity index (χ4v) is 6.66. The second-order valence-corrected chi connectivity index (χ2v) is 11.0. The number of carbonyl (C=O) groups is 1. The SMILES string of the molecule is CCN1C(=CC2=C(SCc3ccc4ccccc4c3)C(=Cc3oc4ccccc4[n+]3CC)C2=O)Oc2ccccc21. The largest absolute Gasteiger partial charge is 0.439 e. The number of hydrogen-bond donors (Lipinski definition) is 0. The van der Waals surface area contributed by atoms with Crippen molar-refractivity contribution in [3.63, 3.8) is 0 Å². The number of hydrogen-bond acceptors (Lipinski definition) is 5. The highest BCUT2D eigenvalue weighted by Gasteiger charge is 2.37. The van der Waals surface area contributed by atoms with E-state index < -0.39 is 0 Å². The maximum atomic E-state index is 13.7. The summed E-state index contributed by atoms with van der Waals surface area (Å²) >= 11 is 1.68. The van der Waals surface area contributed by atoms with Crippen molar-refractivity contribution in [3.8, 4) is 5.75 Å². The maximum Gasteiger partial charge on any atom is 0.374 e. The Bertz CT molecular complexity index is 1930. The topological polar surface area (TPSA) is 46.6 Å². The lowest BCUT2D eigenvalue weighted by Gasteiger charge is -2.24. The molecular weight excluding hydrogens is 528 g/mol. The number of benzene rings is 4. The van der Waals surface area contributed by atoms with Crippen molar-refractivity contribution in [1.29, 1.82) is 0 Å². The Morgan fingerprint density at radius 1 is 0.878 bits per heavy atom. The number of para-hydroxylation sites is 4. The fraction of sp³-hybridized carbons (Fsp3) is 0.143. The van der Waals surface area contributed by atoms with Crippen LogP contribution < -0.4 is 14.2 Å². The summed E-state index contributed by atoms with van der Waals surface area (Å²) in [4.78, 5) is 16.8. The molecule has 41 heavy (non-hydrogen) atoms. The molecule has 5 nitrogen and oxygen atoms in total. The van der Waals surface area contributed by atoms with E-state index >= 15 is 0 Å². The molecule has 2 heterocycles. The van der Waals surface area contributed by atoms with Gasteiger partial charge in [-0.2, -0.15) is 4.57 Å². The van der Waals surface area contributed by atoms with Crippen LogP contribution in [0.3, 0.4) is 0 Å². The summed E-state index contributed by atoms with van der Waals surface area (Å²) in [6, 6.07) is 30.9. The van der Waals surface area contributed by atoms with E-state index in [1.54, 1.807) is 11.8 Å². The van der Waals surface area contributed by atoms with Crippen LogP contribution in [0.4, 0.5) is 5.69 Å². The Morgan fingerprint density at radius 3 is 2.51 bits per heavy atom. The van der Waals surface area contributed by atoms with Crippen LogP contribution in [0.25, 0.3) is 27.9 Å². The van der Waals surface area contributed by atoms with E-state index in [9.17, 15) is 4.79 Å². The number of nitrogens with zero attached hydrogens (tertiary/aromatic N) is 2. The molecular formula is C35H29N2O3S+. The molecule has 1 aliphatic carbocycles. The van der Waals surface area contributed by atoms with Gasteiger partial charge in [0.05, 0.1) is 11.8 Å². The Morgan fingerprint density at radius 2 is 1.66 bits per heavy atom. The monoisotopic (exact) mass is 557 g/mol. The Balaban J connectivity index is 1.29. The van der Waals surface area contributed by atoms with Crippen LogP contribution in [0.5, 0.6) is 5.75 Å². The van der Waals surface area contributed by atoms with E-state index in [4.69, 9.17) is 9.15 Å². The minimum absolute atomic E-state index is 0.00256. The molecule has 6 heteroatoms. The van der Waals surface area contributed by atoms with Gasteiger partial charge in [0, 0.05) is 40.5 Å². The number of oxazole rings is 1. The summed E-state index contributed by atoms with van der Waals surface area (Å²) in [5, 5.41) is 2.43. The van der Waals surface area contributed by atoms with Gasteiger partial charge in [-0.25, -0.2) is 0 Å². The molecule has 0 spiro atoms. The van der Waals surface area contributed by atoms with Gasteiger partial charge in [0.15, 0.2) is 11.5 Å². The predicted molar refractivity (Wildman–Crippen MR) is 166 cm³/mol. The highest BCUT2D eigenvalue weighted by molar-refractivity contribution is 8.02. The van der Waals surface area contributed by atoms with Gasteiger partial charge in [0.1, 0.15) is 6.54 Å².